The van der Waals surface area contributed by atoms with Crippen LogP contribution in [0.3, 0.4) is 0 Å². The van der Waals surface area contributed by atoms with Crippen LogP contribution in [0.2, 0.25) is 0 Å². The highest BCUT2D eigenvalue weighted by Crippen LogP contribution is 2.29. The third kappa shape index (κ3) is 2.96. The summed E-state index contributed by atoms with van der Waals surface area (Å²) in [6, 6.07) is 7.10. The van der Waals surface area contributed by atoms with Gasteiger partial charge in [-0.3, -0.25) is 9.59 Å². The van der Waals surface area contributed by atoms with Crippen molar-refractivity contribution >= 4 is 16.7 Å². The van der Waals surface area contributed by atoms with Gasteiger partial charge in [-0.1, -0.05) is 18.2 Å². The molecule has 0 saturated heterocycles. The van der Waals surface area contributed by atoms with E-state index >= 15 is 0 Å². The fourth-order valence-electron chi connectivity index (χ4n) is 2.09. The molecule has 1 aromatic heterocycles. The third-order valence-corrected chi connectivity index (χ3v) is 3.20. The molecule has 0 aliphatic rings. The number of fused-ring (bicyclic) bond motifs is 1. The van der Waals surface area contributed by atoms with Crippen molar-refractivity contribution in [2.24, 2.45) is 0 Å². The first-order valence-corrected chi connectivity index (χ1v) is 6.84. The van der Waals surface area contributed by atoms with Crippen molar-refractivity contribution in [2.45, 2.75) is 45.6 Å². The second kappa shape index (κ2) is 4.98. The summed E-state index contributed by atoms with van der Waals surface area (Å²) in [6.07, 6.45) is 0. The van der Waals surface area contributed by atoms with Crippen LogP contribution in [0.25, 0.3) is 10.8 Å². The molecule has 112 valence electrons. The lowest BCUT2D eigenvalue weighted by molar-refractivity contribution is -0.161. The van der Waals surface area contributed by atoms with E-state index in [1.807, 2.05) is 26.8 Å². The summed E-state index contributed by atoms with van der Waals surface area (Å²) in [7, 11) is 0. The van der Waals surface area contributed by atoms with Crippen molar-refractivity contribution in [1.82, 2.24) is 10.2 Å². The molecular formula is C16H20N2O3. The second-order valence-corrected chi connectivity index (χ2v) is 6.57. The Kier molecular flexibility index (Phi) is 3.61. The molecule has 0 saturated carbocycles. The van der Waals surface area contributed by atoms with Gasteiger partial charge in [0.15, 0.2) is 0 Å². The molecule has 0 atom stereocenters. The highest BCUT2D eigenvalue weighted by molar-refractivity contribution is 5.91. The van der Waals surface area contributed by atoms with E-state index in [0.717, 1.165) is 0 Å². The van der Waals surface area contributed by atoms with E-state index in [1.54, 1.807) is 32.0 Å². The Morgan fingerprint density at radius 3 is 2.24 bits per heavy atom. The number of aromatic amines is 1. The Hall–Kier alpha value is -2.17. The predicted molar refractivity (Wildman–Crippen MR) is 81.2 cm³/mol. The summed E-state index contributed by atoms with van der Waals surface area (Å²) in [5.74, 6) is -0.375. The summed E-state index contributed by atoms with van der Waals surface area (Å²) >= 11 is 0. The van der Waals surface area contributed by atoms with Crippen LogP contribution < -0.4 is 5.56 Å². The molecule has 1 aromatic carbocycles. The van der Waals surface area contributed by atoms with Crippen molar-refractivity contribution in [3.8, 4) is 0 Å². The van der Waals surface area contributed by atoms with Gasteiger partial charge < -0.3 is 4.74 Å². The molecule has 5 heteroatoms. The van der Waals surface area contributed by atoms with Crippen LogP contribution in [0.1, 0.15) is 40.3 Å². The number of carbonyl (C=O) groups excluding carboxylic acids is 1. The molecule has 0 aliphatic heterocycles. The van der Waals surface area contributed by atoms with Crippen molar-refractivity contribution in [3.05, 3.63) is 40.3 Å². The zero-order valence-corrected chi connectivity index (χ0v) is 13.0. The SMILES string of the molecule is CC(C)(C)OC(=O)C(C)(C)c1n[nH]c(=O)c2ccccc12. The summed E-state index contributed by atoms with van der Waals surface area (Å²) in [5, 5.41) is 7.72. The first-order chi connectivity index (χ1) is 9.63. The lowest BCUT2D eigenvalue weighted by Gasteiger charge is -2.28. The van der Waals surface area contributed by atoms with Crippen molar-refractivity contribution in [1.29, 1.82) is 0 Å². The molecule has 0 bridgehead atoms. The van der Waals surface area contributed by atoms with Crippen LogP contribution in [-0.4, -0.2) is 21.8 Å². The number of hydrogen-bond acceptors (Lipinski definition) is 4. The van der Waals surface area contributed by atoms with Crippen molar-refractivity contribution in [3.63, 3.8) is 0 Å². The van der Waals surface area contributed by atoms with Gasteiger partial charge in [0.2, 0.25) is 0 Å². The number of benzene rings is 1. The Morgan fingerprint density at radius 1 is 1.10 bits per heavy atom. The number of nitrogens with zero attached hydrogens (tertiary/aromatic N) is 1. The van der Waals surface area contributed by atoms with Crippen LogP contribution in [0.15, 0.2) is 29.1 Å². The maximum absolute atomic E-state index is 12.5. The number of ether oxygens (including phenoxy) is 1. The predicted octanol–water partition coefficient (Wildman–Crippen LogP) is 2.54. The molecular weight excluding hydrogens is 268 g/mol. The topological polar surface area (TPSA) is 72.0 Å². The van der Waals surface area contributed by atoms with E-state index in [9.17, 15) is 9.59 Å². The van der Waals surface area contributed by atoms with Crippen LogP contribution in [-0.2, 0) is 14.9 Å². The average molecular weight is 288 g/mol. The number of aromatic nitrogens is 2. The molecule has 0 fully saturated rings. The normalized spacial score (nSPS) is 12.4. The Balaban J connectivity index is 2.58. The quantitative estimate of drug-likeness (QED) is 0.862. The fraction of sp³-hybridized carbons (Fsp3) is 0.438. The molecule has 0 aliphatic carbocycles. The number of nitrogens with one attached hydrogen (secondary N) is 1. The third-order valence-electron chi connectivity index (χ3n) is 3.20. The molecule has 0 spiro atoms. The van der Waals surface area contributed by atoms with Gasteiger partial charge in [0, 0.05) is 5.39 Å². The van der Waals surface area contributed by atoms with Crippen molar-refractivity contribution < 1.29 is 9.53 Å². The monoisotopic (exact) mass is 288 g/mol. The first-order valence-electron chi connectivity index (χ1n) is 6.84. The summed E-state index contributed by atoms with van der Waals surface area (Å²) in [6.45, 7) is 8.94. The van der Waals surface area contributed by atoms with Gasteiger partial charge in [-0.15, -0.1) is 0 Å². The standard InChI is InChI=1S/C16H20N2O3/c1-15(2,3)21-14(20)16(4,5)12-10-8-6-7-9-11(10)13(19)18-17-12/h6-9H,1-5H3,(H,18,19). The highest BCUT2D eigenvalue weighted by atomic mass is 16.6. The minimum atomic E-state index is -0.961. The minimum Gasteiger partial charge on any atom is -0.459 e. The molecule has 2 aromatic rings. The van der Waals surface area contributed by atoms with Gasteiger partial charge in [-0.05, 0) is 40.7 Å². The minimum absolute atomic E-state index is 0.269. The molecule has 1 N–H and O–H groups in total. The maximum atomic E-state index is 12.5. The molecule has 5 nitrogen and oxygen atoms in total. The van der Waals surface area contributed by atoms with Gasteiger partial charge in [0.25, 0.3) is 5.56 Å². The van der Waals surface area contributed by atoms with Crippen LogP contribution in [0.5, 0.6) is 0 Å². The molecule has 21 heavy (non-hydrogen) atoms. The maximum Gasteiger partial charge on any atom is 0.318 e. The van der Waals surface area contributed by atoms with E-state index in [-0.39, 0.29) is 11.5 Å². The molecule has 2 rings (SSSR count). The Bertz CT molecular complexity index is 739. The lowest BCUT2D eigenvalue weighted by atomic mass is 9.86. The zero-order chi connectivity index (χ0) is 15.8. The number of esters is 1. The molecule has 0 unspecified atom stereocenters. The average Bonchev–Trinajstić information content (AvgIpc) is 2.37. The van der Waals surface area contributed by atoms with Crippen LogP contribution >= 0.6 is 0 Å². The Labute approximate surface area is 123 Å². The molecule has 1 heterocycles. The number of carbonyl (C=O) groups is 1. The highest BCUT2D eigenvalue weighted by Gasteiger charge is 2.37. The molecule has 0 radical (unpaired) electrons. The fourth-order valence-corrected chi connectivity index (χ4v) is 2.09. The summed E-state index contributed by atoms with van der Waals surface area (Å²) in [4.78, 5) is 24.3. The van der Waals surface area contributed by atoms with E-state index in [4.69, 9.17) is 4.74 Å². The number of rotatable bonds is 2. The smallest absolute Gasteiger partial charge is 0.318 e. The van der Waals surface area contributed by atoms with E-state index in [0.29, 0.717) is 16.5 Å². The van der Waals surface area contributed by atoms with Crippen molar-refractivity contribution in [2.75, 3.05) is 0 Å². The van der Waals surface area contributed by atoms with Gasteiger partial charge in [-0.2, -0.15) is 5.10 Å². The Morgan fingerprint density at radius 2 is 1.67 bits per heavy atom. The zero-order valence-electron chi connectivity index (χ0n) is 13.0. The van der Waals surface area contributed by atoms with Crippen LogP contribution in [0, 0.1) is 0 Å². The number of hydrogen-bond donors (Lipinski definition) is 1. The van der Waals surface area contributed by atoms with Crippen LogP contribution in [0.4, 0.5) is 0 Å². The largest absolute Gasteiger partial charge is 0.459 e. The number of H-pyrrole nitrogens is 1. The van der Waals surface area contributed by atoms with E-state index < -0.39 is 11.0 Å². The van der Waals surface area contributed by atoms with Gasteiger partial charge in [-0.25, -0.2) is 5.10 Å². The summed E-state index contributed by atoms with van der Waals surface area (Å²) < 4.78 is 5.47. The molecule has 0 amide bonds. The lowest BCUT2D eigenvalue weighted by Crippen LogP contribution is -2.38. The van der Waals surface area contributed by atoms with E-state index in [2.05, 4.69) is 10.2 Å². The van der Waals surface area contributed by atoms with E-state index in [1.165, 1.54) is 0 Å². The van der Waals surface area contributed by atoms with Gasteiger partial charge in [0.05, 0.1) is 11.1 Å². The van der Waals surface area contributed by atoms with Gasteiger partial charge in [0.1, 0.15) is 11.0 Å². The summed E-state index contributed by atoms with van der Waals surface area (Å²) in [5.41, 5.74) is -1.30. The first kappa shape index (κ1) is 15.2. The van der Waals surface area contributed by atoms with Gasteiger partial charge >= 0.3 is 5.97 Å². The second-order valence-electron chi connectivity index (χ2n) is 6.57.